The molecular formula is C40H55N3O10. The number of carbonyl (C=O) groups is 4. The molecule has 0 bridgehead atoms. The molecule has 0 radical (unpaired) electrons. The van der Waals surface area contributed by atoms with Crippen LogP contribution in [0.3, 0.4) is 0 Å². The maximum Gasteiger partial charge on any atom is 0.303 e. The minimum Gasteiger partial charge on any atom is -0.494 e. The van der Waals surface area contributed by atoms with E-state index in [-0.39, 0.29) is 66.6 Å². The predicted molar refractivity (Wildman–Crippen MR) is 198 cm³/mol. The molecular weight excluding hydrogens is 682 g/mol. The van der Waals surface area contributed by atoms with Crippen molar-refractivity contribution in [3.63, 3.8) is 0 Å². The lowest BCUT2D eigenvalue weighted by Gasteiger charge is -2.39. The number of allylic oxidation sites excluding steroid dienone is 2. The normalized spacial score (nSPS) is 28.1. The zero-order valence-electron chi connectivity index (χ0n) is 31.7. The Morgan fingerprint density at radius 1 is 1.08 bits per heavy atom. The van der Waals surface area contributed by atoms with Gasteiger partial charge in [-0.3, -0.25) is 19.2 Å². The molecule has 4 rings (SSSR count). The Morgan fingerprint density at radius 2 is 1.81 bits per heavy atom. The first kappa shape index (κ1) is 41.4. The maximum absolute atomic E-state index is 12.9. The van der Waals surface area contributed by atoms with Crippen LogP contribution in [0.25, 0.3) is 0 Å². The fourth-order valence-electron chi connectivity index (χ4n) is 6.55. The number of hydrogen-bond acceptors (Lipinski definition) is 10. The van der Waals surface area contributed by atoms with Gasteiger partial charge in [0.05, 0.1) is 61.4 Å². The lowest BCUT2D eigenvalue weighted by Crippen LogP contribution is -2.50. The van der Waals surface area contributed by atoms with E-state index in [2.05, 4.69) is 28.8 Å². The Balaban J connectivity index is 1.21. The Bertz CT molecular complexity index is 1550. The topological polar surface area (TPSA) is 174 Å². The Labute approximate surface area is 312 Å². The van der Waals surface area contributed by atoms with Crippen molar-refractivity contribution < 1.29 is 48.0 Å². The van der Waals surface area contributed by atoms with Crippen LogP contribution in [0.4, 0.5) is 0 Å². The number of benzene rings is 1. The lowest BCUT2D eigenvalue weighted by molar-refractivity contribution is -0.143. The van der Waals surface area contributed by atoms with E-state index < -0.39 is 18.0 Å². The highest BCUT2D eigenvalue weighted by Crippen LogP contribution is 2.43. The van der Waals surface area contributed by atoms with Crippen molar-refractivity contribution >= 4 is 29.5 Å². The van der Waals surface area contributed by atoms with Gasteiger partial charge in [-0.25, -0.2) is 5.43 Å². The van der Waals surface area contributed by atoms with Gasteiger partial charge in [0.2, 0.25) is 11.8 Å². The highest BCUT2D eigenvalue weighted by atomic mass is 16.6. The van der Waals surface area contributed by atoms with Crippen molar-refractivity contribution in [2.75, 3.05) is 13.2 Å². The van der Waals surface area contributed by atoms with E-state index >= 15 is 0 Å². The van der Waals surface area contributed by atoms with Gasteiger partial charge >= 0.3 is 11.9 Å². The second kappa shape index (κ2) is 19.7. The monoisotopic (exact) mass is 737 g/mol. The summed E-state index contributed by atoms with van der Waals surface area (Å²) in [5, 5.41) is 16.0. The molecule has 290 valence electrons. The summed E-state index contributed by atoms with van der Waals surface area (Å²) in [5.74, 6) is -0.874. The Morgan fingerprint density at radius 3 is 2.49 bits per heavy atom. The van der Waals surface area contributed by atoms with Crippen molar-refractivity contribution in [3.05, 3.63) is 65.8 Å². The van der Waals surface area contributed by atoms with E-state index in [1.807, 2.05) is 38.1 Å². The first-order valence-corrected chi connectivity index (χ1v) is 18.4. The van der Waals surface area contributed by atoms with Crippen LogP contribution in [0.5, 0.6) is 5.75 Å². The molecule has 8 atom stereocenters. The van der Waals surface area contributed by atoms with Gasteiger partial charge in [-0.2, -0.15) is 5.10 Å². The first-order chi connectivity index (χ1) is 25.2. The molecule has 3 heterocycles. The third kappa shape index (κ3) is 14.2. The smallest absolute Gasteiger partial charge is 0.303 e. The number of epoxide rings is 1. The number of ether oxygens (including phenoxy) is 5. The van der Waals surface area contributed by atoms with Gasteiger partial charge in [-0.05, 0) is 88.8 Å². The third-order valence-electron chi connectivity index (χ3n) is 9.59. The van der Waals surface area contributed by atoms with E-state index in [9.17, 15) is 19.2 Å². The number of esters is 1. The summed E-state index contributed by atoms with van der Waals surface area (Å²) in [6.07, 6.45) is 11.6. The Hall–Kier alpha value is -4.33. The molecule has 3 saturated heterocycles. The number of hydrazone groups is 1. The highest BCUT2D eigenvalue weighted by Gasteiger charge is 2.51. The van der Waals surface area contributed by atoms with Gasteiger partial charge in [0.25, 0.3) is 0 Å². The zero-order chi connectivity index (χ0) is 38.5. The fourth-order valence-corrected chi connectivity index (χ4v) is 6.55. The van der Waals surface area contributed by atoms with Gasteiger partial charge in [0.15, 0.2) is 0 Å². The fraction of sp³-hybridized carbons (Fsp3) is 0.575. The number of aliphatic carboxylic acids is 1. The van der Waals surface area contributed by atoms with Gasteiger partial charge in [0, 0.05) is 32.3 Å². The van der Waals surface area contributed by atoms with Crippen molar-refractivity contribution in [3.8, 4) is 5.75 Å². The van der Waals surface area contributed by atoms with Crippen LogP contribution in [0.1, 0.15) is 92.1 Å². The second-order valence-corrected chi connectivity index (χ2v) is 14.4. The number of carbonyl (C=O) groups excluding carboxylic acids is 3. The number of nitrogens with one attached hydrogen (secondary N) is 2. The molecule has 3 aliphatic rings. The molecule has 3 aliphatic heterocycles. The van der Waals surface area contributed by atoms with Crippen molar-refractivity contribution in [2.45, 2.75) is 129 Å². The predicted octanol–water partition coefficient (Wildman–Crippen LogP) is 5.18. The first-order valence-electron chi connectivity index (χ1n) is 18.4. The van der Waals surface area contributed by atoms with Gasteiger partial charge in [-0.1, -0.05) is 30.7 Å². The molecule has 2 amide bonds. The molecule has 0 saturated carbocycles. The van der Waals surface area contributed by atoms with Gasteiger partial charge in [-0.15, -0.1) is 0 Å². The summed E-state index contributed by atoms with van der Waals surface area (Å²) in [6.45, 7) is 12.0. The van der Waals surface area contributed by atoms with Crippen LogP contribution >= 0.6 is 0 Å². The van der Waals surface area contributed by atoms with E-state index in [4.69, 9.17) is 28.8 Å². The minimum atomic E-state index is -0.849. The standard InChI is InChI=1S/C40H55N3O10/c1-25(10-17-36-26(2)20-35(29(5)52-36)41-37(45)18-11-27(3)51-30(6)44)9-14-33-22-40(24-50-40)23-34(53-33)21-38(46)43-42-28(4)31-12-15-32(16-13-31)49-19-7-8-39(47)48/h9-16,18,26-27,29,33-36H,7-8,17,19-24H2,1-6H3,(H,41,45)(H,43,46)(H,47,48)/b14-9+,18-11-,25-10+,42-28+/t26-,27-,29+,33+,34+,35+,36-,40+/m0/s1. The quantitative estimate of drug-likeness (QED) is 0.0368. The second-order valence-electron chi connectivity index (χ2n) is 14.4. The maximum atomic E-state index is 12.9. The number of carboxylic acids is 1. The van der Waals surface area contributed by atoms with Crippen LogP contribution in [0, 0.1) is 5.92 Å². The molecule has 1 aromatic carbocycles. The number of rotatable bonds is 17. The van der Waals surface area contributed by atoms with Crippen LogP contribution in [-0.2, 0) is 38.1 Å². The summed E-state index contributed by atoms with van der Waals surface area (Å²) < 4.78 is 29.1. The van der Waals surface area contributed by atoms with E-state index in [0.29, 0.717) is 37.5 Å². The average Bonchev–Trinajstić information content (AvgIpc) is 3.84. The van der Waals surface area contributed by atoms with Crippen LogP contribution in [0.2, 0.25) is 0 Å². The summed E-state index contributed by atoms with van der Waals surface area (Å²) in [4.78, 5) is 47.1. The molecule has 0 unspecified atom stereocenters. The third-order valence-corrected chi connectivity index (χ3v) is 9.59. The SMILES string of the molecule is CC(=O)O[C@@H](C)/C=C\C(=O)N[C@@H]1C[C@H](C)[C@H](C/C=C(C)/C=C/[C@@H]2C[C@]3(CO3)C[C@@H](CC(=O)N/N=C(\C)c3ccc(OCCCC(=O)O)cc3)O2)O[C@@H]1C. The van der Waals surface area contributed by atoms with Gasteiger partial charge in [0.1, 0.15) is 11.9 Å². The Kier molecular flexibility index (Phi) is 15.4. The van der Waals surface area contributed by atoms with Crippen molar-refractivity contribution in [1.82, 2.24) is 10.7 Å². The summed E-state index contributed by atoms with van der Waals surface area (Å²) >= 11 is 0. The molecule has 53 heavy (non-hydrogen) atoms. The van der Waals surface area contributed by atoms with Crippen molar-refractivity contribution in [2.24, 2.45) is 11.0 Å². The van der Waals surface area contributed by atoms with Crippen LogP contribution < -0.4 is 15.5 Å². The largest absolute Gasteiger partial charge is 0.494 e. The van der Waals surface area contributed by atoms with E-state index in [1.165, 1.54) is 13.0 Å². The highest BCUT2D eigenvalue weighted by molar-refractivity contribution is 5.99. The lowest BCUT2D eigenvalue weighted by atomic mass is 9.88. The zero-order valence-corrected chi connectivity index (χ0v) is 31.7. The van der Waals surface area contributed by atoms with E-state index in [0.717, 1.165) is 30.4 Å². The van der Waals surface area contributed by atoms with Crippen LogP contribution in [0.15, 0.2) is 65.3 Å². The number of nitrogens with zero attached hydrogens (tertiary/aromatic N) is 1. The summed E-state index contributed by atoms with van der Waals surface area (Å²) in [5.41, 5.74) is 4.93. The number of carboxylic acid groups (broad SMARTS) is 1. The molecule has 1 aromatic rings. The molecule has 1 spiro atoms. The average molecular weight is 738 g/mol. The van der Waals surface area contributed by atoms with Crippen LogP contribution in [-0.4, -0.2) is 89.9 Å². The van der Waals surface area contributed by atoms with E-state index in [1.54, 1.807) is 32.1 Å². The van der Waals surface area contributed by atoms with Crippen molar-refractivity contribution in [1.29, 1.82) is 0 Å². The molecule has 3 N–H and O–H groups in total. The van der Waals surface area contributed by atoms with Gasteiger partial charge < -0.3 is 34.1 Å². The molecule has 13 nitrogen and oxygen atoms in total. The molecule has 3 fully saturated rings. The summed E-state index contributed by atoms with van der Waals surface area (Å²) in [7, 11) is 0. The minimum absolute atomic E-state index is 0.0134. The molecule has 0 aliphatic carbocycles. The summed E-state index contributed by atoms with van der Waals surface area (Å²) in [6, 6.07) is 7.12. The number of amides is 2. The molecule has 0 aromatic heterocycles. The molecule has 13 heteroatoms. The number of hydrogen-bond donors (Lipinski definition) is 3.